The van der Waals surface area contributed by atoms with Crippen LogP contribution in [0.5, 0.6) is 0 Å². The first-order valence-electron chi connectivity index (χ1n) is 8.20. The summed E-state index contributed by atoms with van der Waals surface area (Å²) < 4.78 is 15.5. The molecule has 0 unspecified atom stereocenters. The number of aromatic nitrogens is 4. The van der Waals surface area contributed by atoms with Crippen LogP contribution in [0.2, 0.25) is 0 Å². The van der Waals surface area contributed by atoms with Crippen molar-refractivity contribution < 1.29 is 9.18 Å². The largest absolute Gasteiger partial charge is 0.339 e. The number of anilines is 1. The fourth-order valence-corrected chi connectivity index (χ4v) is 2.81. The number of hydrogen-bond donors (Lipinski definition) is 1. The monoisotopic (exact) mass is 348 g/mol. The maximum absolute atomic E-state index is 13.9. The number of nitrogens with zero attached hydrogens (tertiary/aromatic N) is 5. The van der Waals surface area contributed by atoms with Gasteiger partial charge in [-0.25, -0.2) is 4.98 Å². The molecule has 2 aromatic heterocycles. The van der Waals surface area contributed by atoms with Crippen LogP contribution in [-0.2, 0) is 7.05 Å². The predicted octanol–water partition coefficient (Wildman–Crippen LogP) is 0.728. The molecule has 25 heavy (non-hydrogen) atoms. The molecule has 1 N–H and O–H groups in total. The van der Waals surface area contributed by atoms with Crippen LogP contribution in [-0.4, -0.2) is 56.7 Å². The van der Waals surface area contributed by atoms with Gasteiger partial charge < -0.3 is 9.80 Å². The lowest BCUT2D eigenvalue weighted by Crippen LogP contribution is -2.49. The van der Waals surface area contributed by atoms with E-state index in [1.807, 2.05) is 4.90 Å². The van der Waals surface area contributed by atoms with Gasteiger partial charge in [0.25, 0.3) is 11.5 Å². The van der Waals surface area contributed by atoms with Crippen molar-refractivity contribution in [3.63, 3.8) is 0 Å². The first kappa shape index (κ1) is 17.1. The molecular weight excluding hydrogens is 327 g/mol. The third-order valence-electron chi connectivity index (χ3n) is 4.22. The fraction of sp³-hybridized carbons (Fsp3) is 0.500. The second kappa shape index (κ2) is 6.66. The van der Waals surface area contributed by atoms with Crippen LogP contribution in [0, 0.1) is 5.82 Å². The number of halogens is 1. The lowest BCUT2D eigenvalue weighted by atomic mass is 10.1. The second-order valence-electron chi connectivity index (χ2n) is 6.40. The van der Waals surface area contributed by atoms with E-state index in [9.17, 15) is 14.0 Å². The molecule has 0 saturated carbocycles. The summed E-state index contributed by atoms with van der Waals surface area (Å²) in [6.07, 6.45) is 1.73. The van der Waals surface area contributed by atoms with Crippen LogP contribution in [0.25, 0.3) is 0 Å². The molecule has 3 heterocycles. The number of aromatic amines is 1. The Labute approximate surface area is 144 Å². The molecule has 0 aromatic carbocycles. The Morgan fingerprint density at radius 1 is 1.28 bits per heavy atom. The highest BCUT2D eigenvalue weighted by Crippen LogP contribution is 2.17. The molecule has 0 atom stereocenters. The molecule has 134 valence electrons. The van der Waals surface area contributed by atoms with Gasteiger partial charge in [0.15, 0.2) is 0 Å². The Morgan fingerprint density at radius 3 is 2.52 bits per heavy atom. The van der Waals surface area contributed by atoms with Crippen LogP contribution in [0.4, 0.5) is 10.3 Å². The number of rotatable bonds is 3. The van der Waals surface area contributed by atoms with Gasteiger partial charge in [0, 0.05) is 39.4 Å². The van der Waals surface area contributed by atoms with E-state index in [1.165, 1.54) is 0 Å². The smallest absolute Gasteiger partial charge is 0.288 e. The highest BCUT2D eigenvalue weighted by Gasteiger charge is 2.25. The number of aryl methyl sites for hydroxylation is 1. The van der Waals surface area contributed by atoms with E-state index < -0.39 is 11.4 Å². The van der Waals surface area contributed by atoms with Crippen LogP contribution < -0.4 is 10.5 Å². The van der Waals surface area contributed by atoms with Gasteiger partial charge in [-0.15, -0.1) is 0 Å². The Morgan fingerprint density at radius 2 is 1.96 bits per heavy atom. The first-order valence-corrected chi connectivity index (χ1v) is 8.20. The van der Waals surface area contributed by atoms with Gasteiger partial charge >= 0.3 is 0 Å². The zero-order chi connectivity index (χ0) is 18.1. The van der Waals surface area contributed by atoms with Crippen LogP contribution in [0.1, 0.15) is 35.9 Å². The van der Waals surface area contributed by atoms with E-state index in [-0.39, 0.29) is 17.5 Å². The Balaban J connectivity index is 1.72. The topological polar surface area (TPSA) is 87.1 Å². The van der Waals surface area contributed by atoms with Gasteiger partial charge in [-0.3, -0.25) is 19.3 Å². The summed E-state index contributed by atoms with van der Waals surface area (Å²) in [6, 6.07) is 1.68. The van der Waals surface area contributed by atoms with Crippen LogP contribution in [0.15, 0.2) is 17.1 Å². The lowest BCUT2D eigenvalue weighted by molar-refractivity contribution is 0.0739. The summed E-state index contributed by atoms with van der Waals surface area (Å²) in [6.45, 7) is 5.55. The Kier molecular flexibility index (Phi) is 4.56. The molecule has 8 nitrogen and oxygen atoms in total. The molecule has 3 rings (SSSR count). The molecule has 1 fully saturated rings. The summed E-state index contributed by atoms with van der Waals surface area (Å²) in [5.41, 5.74) is -0.196. The van der Waals surface area contributed by atoms with Gasteiger partial charge in [-0.2, -0.15) is 9.49 Å². The van der Waals surface area contributed by atoms with Crippen molar-refractivity contribution in [2.75, 3.05) is 31.1 Å². The summed E-state index contributed by atoms with van der Waals surface area (Å²) in [5.74, 6) is -0.792. The van der Waals surface area contributed by atoms with Crippen LogP contribution >= 0.6 is 0 Å². The normalized spacial score (nSPS) is 15.1. The highest BCUT2D eigenvalue weighted by molar-refractivity contribution is 5.92. The summed E-state index contributed by atoms with van der Waals surface area (Å²) in [7, 11) is 1.76. The minimum absolute atomic E-state index is 0.122. The average molecular weight is 348 g/mol. The van der Waals surface area contributed by atoms with Crippen molar-refractivity contribution in [2.24, 2.45) is 7.05 Å². The third-order valence-corrected chi connectivity index (χ3v) is 4.22. The maximum Gasteiger partial charge on any atom is 0.288 e. The summed E-state index contributed by atoms with van der Waals surface area (Å²) in [5, 5.41) is 4.13. The molecular formula is C16H21FN6O2. The van der Waals surface area contributed by atoms with Crippen molar-refractivity contribution >= 4 is 11.9 Å². The van der Waals surface area contributed by atoms with Gasteiger partial charge in [0.05, 0.1) is 5.69 Å². The highest BCUT2D eigenvalue weighted by atomic mass is 19.1. The lowest BCUT2D eigenvalue weighted by Gasteiger charge is -2.34. The van der Waals surface area contributed by atoms with Gasteiger partial charge in [0.2, 0.25) is 11.8 Å². The Bertz CT molecular complexity index is 835. The maximum atomic E-state index is 13.9. The molecule has 2 aromatic rings. The zero-order valence-electron chi connectivity index (χ0n) is 14.5. The molecule has 0 radical (unpaired) electrons. The van der Waals surface area contributed by atoms with Crippen molar-refractivity contribution in [1.29, 1.82) is 0 Å². The van der Waals surface area contributed by atoms with Crippen molar-refractivity contribution in [3.8, 4) is 0 Å². The second-order valence-corrected chi connectivity index (χ2v) is 6.40. The molecule has 0 bridgehead atoms. The number of piperazine rings is 1. The Hall–Kier alpha value is -2.71. The molecule has 1 amide bonds. The quantitative estimate of drug-likeness (QED) is 0.884. The molecule has 1 aliphatic heterocycles. The number of nitrogens with one attached hydrogen (secondary N) is 1. The first-order chi connectivity index (χ1) is 11.9. The average Bonchev–Trinajstić information content (AvgIpc) is 3.03. The SMILES string of the molecule is CC(C)c1nc(N2CCN(C(=O)c3ccn(C)n3)CC2)[nH]c(=O)c1F. The number of H-pyrrole nitrogens is 1. The van der Waals surface area contributed by atoms with E-state index in [1.54, 1.807) is 42.7 Å². The van der Waals surface area contributed by atoms with Crippen LogP contribution in [0.3, 0.4) is 0 Å². The third kappa shape index (κ3) is 3.40. The minimum Gasteiger partial charge on any atom is -0.339 e. The van der Waals surface area contributed by atoms with E-state index >= 15 is 0 Å². The van der Waals surface area contributed by atoms with E-state index in [0.29, 0.717) is 37.8 Å². The number of hydrogen-bond acceptors (Lipinski definition) is 5. The van der Waals surface area contributed by atoms with Crippen molar-refractivity contribution in [3.05, 3.63) is 39.8 Å². The molecule has 0 aliphatic carbocycles. The van der Waals surface area contributed by atoms with Crippen molar-refractivity contribution in [2.45, 2.75) is 19.8 Å². The number of amides is 1. The molecule has 1 aliphatic rings. The van der Waals surface area contributed by atoms with Crippen molar-refractivity contribution in [1.82, 2.24) is 24.6 Å². The van der Waals surface area contributed by atoms with Gasteiger partial charge in [-0.1, -0.05) is 13.8 Å². The summed E-state index contributed by atoms with van der Waals surface area (Å²) in [4.78, 5) is 34.5. The summed E-state index contributed by atoms with van der Waals surface area (Å²) >= 11 is 0. The standard InChI is InChI=1S/C16H21FN6O2/c1-10(2)13-12(17)14(24)19-16(18-13)23-8-6-22(7-9-23)15(25)11-4-5-21(3)20-11/h4-5,10H,6-9H2,1-3H3,(H,18,19,24). The van der Waals surface area contributed by atoms with E-state index in [2.05, 4.69) is 15.1 Å². The molecule has 9 heteroatoms. The molecule has 0 spiro atoms. The van der Waals surface area contributed by atoms with Gasteiger partial charge in [-0.05, 0) is 12.0 Å². The number of carbonyl (C=O) groups is 1. The van der Waals surface area contributed by atoms with Gasteiger partial charge in [0.1, 0.15) is 5.69 Å². The fourth-order valence-electron chi connectivity index (χ4n) is 2.81. The van der Waals surface area contributed by atoms with E-state index in [0.717, 1.165) is 0 Å². The minimum atomic E-state index is -0.831. The predicted molar refractivity (Wildman–Crippen MR) is 90.2 cm³/mol. The zero-order valence-corrected chi connectivity index (χ0v) is 14.5. The van der Waals surface area contributed by atoms with E-state index in [4.69, 9.17) is 0 Å². The number of carbonyl (C=O) groups excluding carboxylic acids is 1. The molecule has 1 saturated heterocycles.